The van der Waals surface area contributed by atoms with E-state index in [0.29, 0.717) is 22.5 Å². The highest BCUT2D eigenvalue weighted by atomic mass is 32.2. The SMILES string of the molecule is O=C(OCc1nc2ccccc2s1)C1C[C@H]2CCC[C@@H](C1)C21SCCS1. The summed E-state index contributed by atoms with van der Waals surface area (Å²) in [6, 6.07) is 8.09. The third kappa shape index (κ3) is 2.98. The highest BCUT2D eigenvalue weighted by molar-refractivity contribution is 8.21. The molecule has 6 heteroatoms. The van der Waals surface area contributed by atoms with E-state index in [0.717, 1.165) is 28.1 Å². The van der Waals surface area contributed by atoms with Crippen LogP contribution in [0.5, 0.6) is 0 Å². The maximum absolute atomic E-state index is 12.8. The third-order valence-electron chi connectivity index (χ3n) is 6.13. The lowest BCUT2D eigenvalue weighted by Crippen LogP contribution is -2.48. The molecule has 0 N–H and O–H groups in total. The standard InChI is InChI=1S/C20H23NO2S3/c22-19(23-12-18-21-16-6-1-2-7-17(16)26-18)13-10-14-4-3-5-15(11-13)20(14)24-8-9-25-20/h1-2,6-7,13-15H,3-5,8-12H2/t13?,14-,15+. The Morgan fingerprint density at radius 1 is 1.15 bits per heavy atom. The van der Waals surface area contributed by atoms with Crippen molar-refractivity contribution in [3.05, 3.63) is 29.3 Å². The number of fused-ring (bicyclic) bond motifs is 1. The zero-order chi connectivity index (χ0) is 17.6. The molecule has 2 aromatic rings. The Bertz CT molecular complexity index is 765. The maximum atomic E-state index is 12.8. The summed E-state index contributed by atoms with van der Waals surface area (Å²) in [4.78, 5) is 17.3. The lowest BCUT2D eigenvalue weighted by Gasteiger charge is -2.51. The first-order valence-electron chi connectivity index (χ1n) is 9.53. The van der Waals surface area contributed by atoms with Gasteiger partial charge in [-0.1, -0.05) is 18.6 Å². The van der Waals surface area contributed by atoms with E-state index >= 15 is 0 Å². The number of ether oxygens (including phenoxy) is 1. The van der Waals surface area contributed by atoms with Crippen molar-refractivity contribution in [2.24, 2.45) is 17.8 Å². The molecule has 1 saturated heterocycles. The van der Waals surface area contributed by atoms with E-state index in [-0.39, 0.29) is 11.9 Å². The van der Waals surface area contributed by atoms with Gasteiger partial charge in [-0.15, -0.1) is 34.9 Å². The summed E-state index contributed by atoms with van der Waals surface area (Å²) in [5, 5.41) is 0.897. The van der Waals surface area contributed by atoms with E-state index in [9.17, 15) is 4.79 Å². The van der Waals surface area contributed by atoms with Gasteiger partial charge in [0.15, 0.2) is 0 Å². The Morgan fingerprint density at radius 3 is 2.62 bits per heavy atom. The Kier molecular flexibility index (Phi) is 4.70. The monoisotopic (exact) mass is 405 g/mol. The predicted octanol–water partition coefficient (Wildman–Crippen LogP) is 5.34. The van der Waals surface area contributed by atoms with Crippen molar-refractivity contribution in [2.75, 3.05) is 11.5 Å². The molecule has 0 amide bonds. The van der Waals surface area contributed by atoms with Crippen LogP contribution in [-0.2, 0) is 16.1 Å². The van der Waals surface area contributed by atoms with Crippen molar-refractivity contribution in [2.45, 2.75) is 42.8 Å². The number of carbonyl (C=O) groups excluding carboxylic acids is 1. The molecule has 1 aromatic heterocycles. The first-order chi connectivity index (χ1) is 12.7. The summed E-state index contributed by atoms with van der Waals surface area (Å²) in [5.74, 6) is 4.03. The second kappa shape index (κ2) is 7.02. The van der Waals surface area contributed by atoms with Gasteiger partial charge in [0.1, 0.15) is 11.6 Å². The summed E-state index contributed by atoms with van der Waals surface area (Å²) in [6.45, 7) is 0.318. The van der Waals surface area contributed by atoms with E-state index < -0.39 is 0 Å². The van der Waals surface area contributed by atoms with Gasteiger partial charge in [-0.25, -0.2) is 4.98 Å². The molecule has 0 radical (unpaired) electrons. The highest BCUT2D eigenvalue weighted by Crippen LogP contribution is 2.64. The number of hydrogen-bond acceptors (Lipinski definition) is 6. The highest BCUT2D eigenvalue weighted by Gasteiger charge is 2.55. The van der Waals surface area contributed by atoms with E-state index in [4.69, 9.17) is 4.74 Å². The number of thioether (sulfide) groups is 2. The third-order valence-corrected chi connectivity index (χ3v) is 11.2. The van der Waals surface area contributed by atoms with Crippen molar-refractivity contribution >= 4 is 51.0 Å². The number of hydrogen-bond donors (Lipinski definition) is 0. The smallest absolute Gasteiger partial charge is 0.309 e. The summed E-state index contributed by atoms with van der Waals surface area (Å²) in [5.41, 5.74) is 0.993. The van der Waals surface area contributed by atoms with Gasteiger partial charge in [0.2, 0.25) is 0 Å². The van der Waals surface area contributed by atoms with Gasteiger partial charge in [-0.3, -0.25) is 4.79 Å². The molecule has 3 fully saturated rings. The second-order valence-electron chi connectivity index (χ2n) is 7.59. The second-order valence-corrected chi connectivity index (χ2v) is 11.7. The molecule has 2 saturated carbocycles. The fourth-order valence-electron chi connectivity index (χ4n) is 5.03. The predicted molar refractivity (Wildman–Crippen MR) is 111 cm³/mol. The van der Waals surface area contributed by atoms with Crippen LogP contribution >= 0.6 is 34.9 Å². The summed E-state index contributed by atoms with van der Waals surface area (Å²) < 4.78 is 7.28. The number of nitrogens with zero attached hydrogens (tertiary/aromatic N) is 1. The van der Waals surface area contributed by atoms with Crippen LogP contribution in [0, 0.1) is 17.8 Å². The van der Waals surface area contributed by atoms with Crippen LogP contribution in [0.25, 0.3) is 10.2 Å². The molecular formula is C20H23NO2S3. The number of carbonyl (C=O) groups is 1. The molecule has 2 bridgehead atoms. The minimum Gasteiger partial charge on any atom is -0.458 e. The Morgan fingerprint density at radius 2 is 1.88 bits per heavy atom. The summed E-state index contributed by atoms with van der Waals surface area (Å²) in [6.07, 6.45) is 5.96. The number of benzene rings is 1. The fraction of sp³-hybridized carbons (Fsp3) is 0.600. The van der Waals surface area contributed by atoms with Crippen LogP contribution in [0.1, 0.15) is 37.1 Å². The number of rotatable bonds is 3. The van der Waals surface area contributed by atoms with E-state index in [2.05, 4.69) is 34.6 Å². The van der Waals surface area contributed by atoms with Gasteiger partial charge in [0, 0.05) is 11.5 Å². The molecule has 1 aliphatic heterocycles. The van der Waals surface area contributed by atoms with E-state index in [1.165, 1.54) is 30.8 Å². The molecule has 2 aliphatic carbocycles. The van der Waals surface area contributed by atoms with Crippen LogP contribution < -0.4 is 0 Å². The molecule has 1 aromatic carbocycles. The van der Waals surface area contributed by atoms with Crippen molar-refractivity contribution in [1.29, 1.82) is 0 Å². The van der Waals surface area contributed by atoms with Crippen LogP contribution in [0.15, 0.2) is 24.3 Å². The average molecular weight is 406 g/mol. The van der Waals surface area contributed by atoms with Crippen molar-refractivity contribution < 1.29 is 9.53 Å². The first-order valence-corrected chi connectivity index (χ1v) is 12.3. The molecule has 138 valence electrons. The minimum absolute atomic E-state index is 0.00371. The molecule has 3 aliphatic rings. The number of esters is 1. The maximum Gasteiger partial charge on any atom is 0.309 e. The molecule has 26 heavy (non-hydrogen) atoms. The van der Waals surface area contributed by atoms with Crippen LogP contribution in [0.4, 0.5) is 0 Å². The molecule has 1 unspecified atom stereocenters. The Hall–Kier alpha value is -0.720. The first kappa shape index (κ1) is 17.4. The number of para-hydroxylation sites is 1. The normalized spacial score (nSPS) is 29.9. The molecule has 5 rings (SSSR count). The zero-order valence-electron chi connectivity index (χ0n) is 14.7. The van der Waals surface area contributed by atoms with Gasteiger partial charge >= 0.3 is 5.97 Å². The largest absolute Gasteiger partial charge is 0.458 e. The van der Waals surface area contributed by atoms with Gasteiger partial charge < -0.3 is 4.74 Å². The van der Waals surface area contributed by atoms with Gasteiger partial charge in [0.25, 0.3) is 0 Å². The Labute approximate surface area is 166 Å². The van der Waals surface area contributed by atoms with Gasteiger partial charge in [-0.05, 0) is 49.7 Å². The topological polar surface area (TPSA) is 39.2 Å². The van der Waals surface area contributed by atoms with Crippen LogP contribution in [0.3, 0.4) is 0 Å². The minimum atomic E-state index is 0.00371. The summed E-state index contributed by atoms with van der Waals surface area (Å²) >= 11 is 6.00. The molecular weight excluding hydrogens is 382 g/mol. The van der Waals surface area contributed by atoms with Gasteiger partial charge in [-0.2, -0.15) is 0 Å². The molecule has 3 nitrogen and oxygen atoms in total. The molecule has 3 atom stereocenters. The zero-order valence-corrected chi connectivity index (χ0v) is 17.1. The van der Waals surface area contributed by atoms with Crippen molar-refractivity contribution in [1.82, 2.24) is 4.98 Å². The fourth-order valence-corrected chi connectivity index (χ4v) is 9.85. The number of thiazole rings is 1. The molecule has 2 heterocycles. The van der Waals surface area contributed by atoms with Gasteiger partial charge in [0.05, 0.1) is 20.2 Å². The van der Waals surface area contributed by atoms with Crippen molar-refractivity contribution in [3.8, 4) is 0 Å². The van der Waals surface area contributed by atoms with Crippen molar-refractivity contribution in [3.63, 3.8) is 0 Å². The lowest BCUT2D eigenvalue weighted by molar-refractivity contribution is -0.152. The van der Waals surface area contributed by atoms with E-state index in [1.54, 1.807) is 11.3 Å². The van der Waals surface area contributed by atoms with Crippen LogP contribution in [-0.4, -0.2) is 26.5 Å². The summed E-state index contributed by atoms with van der Waals surface area (Å²) in [7, 11) is 0. The molecule has 1 spiro atoms. The van der Waals surface area contributed by atoms with E-state index in [1.807, 2.05) is 18.2 Å². The quantitative estimate of drug-likeness (QED) is 0.644. The van der Waals surface area contributed by atoms with Crippen LogP contribution in [0.2, 0.25) is 0 Å². The lowest BCUT2D eigenvalue weighted by atomic mass is 9.67. The number of aromatic nitrogens is 1. The Balaban J connectivity index is 1.25. The average Bonchev–Trinajstić information content (AvgIpc) is 3.26.